The van der Waals surface area contributed by atoms with E-state index in [-0.39, 0.29) is 11.1 Å². The third-order valence-electron chi connectivity index (χ3n) is 3.60. The molecule has 0 atom stereocenters. The van der Waals surface area contributed by atoms with Crippen molar-refractivity contribution in [2.45, 2.75) is 52.6 Å². The summed E-state index contributed by atoms with van der Waals surface area (Å²) in [6.45, 7) is 11.5. The molecule has 2 rings (SSSR count). The van der Waals surface area contributed by atoms with E-state index >= 15 is 0 Å². The molecule has 0 aliphatic heterocycles. The Balaban J connectivity index is 0.000000505. The van der Waals surface area contributed by atoms with Crippen LogP contribution in [0, 0.1) is 0 Å². The molecule has 7 nitrogen and oxygen atoms in total. The van der Waals surface area contributed by atoms with Gasteiger partial charge in [0.1, 0.15) is 0 Å². The Kier molecular flexibility index (Phi) is 13.1. The molecule has 0 bridgehead atoms. The van der Waals surface area contributed by atoms with Crippen molar-refractivity contribution in [2.24, 2.45) is 0 Å². The molecular weight excluding hydrogens is 504 g/mol. The topological polar surface area (TPSA) is 76.0 Å². The van der Waals surface area contributed by atoms with Crippen LogP contribution in [0.5, 0.6) is 0 Å². The van der Waals surface area contributed by atoms with Gasteiger partial charge in [0.05, 0.1) is 11.1 Å². The molecule has 168 valence electrons. The van der Waals surface area contributed by atoms with Crippen LogP contribution in [0.1, 0.15) is 41.5 Å². The number of hydroxylamine groups is 2. The van der Waals surface area contributed by atoms with Gasteiger partial charge < -0.3 is 4.90 Å². The normalized spacial score (nSPS) is 10.7. The van der Waals surface area contributed by atoms with Crippen molar-refractivity contribution in [3.63, 3.8) is 0 Å². The van der Waals surface area contributed by atoms with Gasteiger partial charge in [-0.25, -0.2) is 20.1 Å². The van der Waals surface area contributed by atoms with E-state index in [1.54, 1.807) is 18.5 Å². The second kappa shape index (κ2) is 13.5. The number of aromatic nitrogens is 2. The molecule has 0 spiro atoms. The standard InChI is InChI=1S/C11H19N3O.C9H14N2O.2ClH.Zr/c1-11(2,3)14(15)10-8-9(13(4)5)6-7-12-10;1-9(2,3)11(12)8-6-4-5-7-10-8;;;/h6-8,15H,1-5H3;4-7,12H,1-3H3;2*1H;/q;;;;+2/p-2. The summed E-state index contributed by atoms with van der Waals surface area (Å²) in [4.78, 5) is 10.1. The summed E-state index contributed by atoms with van der Waals surface area (Å²) in [5.74, 6) is 1.14. The van der Waals surface area contributed by atoms with Crippen molar-refractivity contribution < 1.29 is 31.3 Å². The van der Waals surface area contributed by atoms with Crippen LogP contribution in [0.15, 0.2) is 42.7 Å². The molecule has 0 radical (unpaired) electrons. The quantitative estimate of drug-likeness (QED) is 0.494. The van der Waals surface area contributed by atoms with Crippen molar-refractivity contribution in [3.8, 4) is 0 Å². The Hall–Kier alpha value is -0.917. The van der Waals surface area contributed by atoms with Gasteiger partial charge in [-0.2, -0.15) is 0 Å². The van der Waals surface area contributed by atoms with Crippen molar-refractivity contribution in [1.82, 2.24) is 9.97 Å². The predicted octanol–water partition coefficient (Wildman–Crippen LogP) is 5.59. The molecular formula is C20H33Cl2N5O2Zr. The van der Waals surface area contributed by atoms with E-state index in [0.29, 0.717) is 11.6 Å². The van der Waals surface area contributed by atoms with Crippen LogP contribution in [0.25, 0.3) is 0 Å². The molecule has 0 fully saturated rings. The predicted molar refractivity (Wildman–Crippen MR) is 123 cm³/mol. The van der Waals surface area contributed by atoms with E-state index in [4.69, 9.17) is 17.0 Å². The number of pyridine rings is 2. The molecule has 2 heterocycles. The molecule has 0 aromatic carbocycles. The Morgan fingerprint density at radius 2 is 1.27 bits per heavy atom. The zero-order valence-electron chi connectivity index (χ0n) is 18.9. The van der Waals surface area contributed by atoms with E-state index in [9.17, 15) is 10.4 Å². The molecule has 0 amide bonds. The summed E-state index contributed by atoms with van der Waals surface area (Å²) in [6, 6.07) is 9.19. The first-order valence-corrected chi connectivity index (χ1v) is 15.6. The number of hydrogen-bond donors (Lipinski definition) is 2. The van der Waals surface area contributed by atoms with Crippen LogP contribution in [0.4, 0.5) is 17.3 Å². The minimum atomic E-state index is -0.826. The monoisotopic (exact) mass is 535 g/mol. The first-order valence-electron chi connectivity index (χ1n) is 9.24. The fourth-order valence-electron chi connectivity index (χ4n) is 1.97. The van der Waals surface area contributed by atoms with Gasteiger partial charge in [0.25, 0.3) is 0 Å². The average molecular weight is 538 g/mol. The molecule has 0 aliphatic rings. The summed E-state index contributed by atoms with van der Waals surface area (Å²) < 4.78 is 0. The maximum absolute atomic E-state index is 9.92. The maximum atomic E-state index is 9.92. The van der Waals surface area contributed by atoms with Crippen molar-refractivity contribution in [2.75, 3.05) is 29.1 Å². The van der Waals surface area contributed by atoms with E-state index in [1.165, 1.54) is 5.06 Å². The van der Waals surface area contributed by atoms with Crippen molar-refractivity contribution in [1.29, 1.82) is 0 Å². The third kappa shape index (κ3) is 10.9. The van der Waals surface area contributed by atoms with Crippen LogP contribution in [-0.2, 0) is 20.8 Å². The second-order valence-corrected chi connectivity index (χ2v) is 12.2. The summed E-state index contributed by atoms with van der Waals surface area (Å²) in [6.07, 6.45) is 3.35. The number of halogens is 2. The summed E-state index contributed by atoms with van der Waals surface area (Å²) in [7, 11) is 13.8. The van der Waals surface area contributed by atoms with E-state index in [2.05, 4.69) is 9.97 Å². The molecule has 0 saturated heterocycles. The van der Waals surface area contributed by atoms with Crippen molar-refractivity contribution >= 4 is 34.3 Å². The molecule has 2 aromatic rings. The summed E-state index contributed by atoms with van der Waals surface area (Å²) >= 11 is -0.826. The van der Waals surface area contributed by atoms with Gasteiger partial charge in [-0.05, 0) is 59.7 Å². The summed E-state index contributed by atoms with van der Waals surface area (Å²) in [5, 5.41) is 21.9. The van der Waals surface area contributed by atoms with Gasteiger partial charge in [0.2, 0.25) is 0 Å². The van der Waals surface area contributed by atoms with Crippen LogP contribution in [-0.4, -0.2) is 45.6 Å². The molecule has 0 saturated carbocycles. The van der Waals surface area contributed by atoms with Gasteiger partial charge in [-0.1, -0.05) is 6.07 Å². The zero-order chi connectivity index (χ0) is 23.5. The number of rotatable bonds is 3. The minimum absolute atomic E-state index is 0.311. The molecule has 0 unspecified atom stereocenters. The molecule has 0 aliphatic carbocycles. The van der Waals surface area contributed by atoms with E-state index in [0.717, 1.165) is 10.8 Å². The van der Waals surface area contributed by atoms with Gasteiger partial charge in [0, 0.05) is 38.2 Å². The van der Waals surface area contributed by atoms with Gasteiger partial charge >= 0.3 is 37.9 Å². The number of hydrogen-bond acceptors (Lipinski definition) is 7. The fraction of sp³-hybridized carbons (Fsp3) is 0.500. The molecule has 2 N–H and O–H groups in total. The average Bonchev–Trinajstić information content (AvgIpc) is 2.67. The second-order valence-electron chi connectivity index (χ2n) is 8.49. The molecule has 10 heteroatoms. The van der Waals surface area contributed by atoms with Crippen LogP contribution < -0.4 is 15.0 Å². The number of anilines is 3. The van der Waals surface area contributed by atoms with Gasteiger partial charge in [0.15, 0.2) is 11.6 Å². The van der Waals surface area contributed by atoms with Gasteiger partial charge in [-0.3, -0.25) is 10.4 Å². The Labute approximate surface area is 199 Å². The van der Waals surface area contributed by atoms with Crippen molar-refractivity contribution in [3.05, 3.63) is 42.7 Å². The Morgan fingerprint density at radius 3 is 1.67 bits per heavy atom. The molecule has 30 heavy (non-hydrogen) atoms. The Morgan fingerprint density at radius 1 is 0.800 bits per heavy atom. The first-order chi connectivity index (χ1) is 13.8. The third-order valence-corrected chi connectivity index (χ3v) is 3.60. The van der Waals surface area contributed by atoms with Crippen LogP contribution in [0.2, 0.25) is 0 Å². The van der Waals surface area contributed by atoms with Crippen LogP contribution in [0.3, 0.4) is 0 Å². The number of nitrogens with zero attached hydrogens (tertiary/aromatic N) is 5. The Bertz CT molecular complexity index is 725. The SMILES string of the molecule is CC(C)(C)N(O)c1ccccn1.CN(C)c1ccnc(N(O)C(C)(C)C)c1.[Cl][Zr][Cl]. The zero-order valence-corrected chi connectivity index (χ0v) is 22.9. The fourth-order valence-corrected chi connectivity index (χ4v) is 1.97. The van der Waals surface area contributed by atoms with Gasteiger partial charge in [-0.15, -0.1) is 0 Å². The van der Waals surface area contributed by atoms with E-state index in [1.807, 2.05) is 84.8 Å². The first kappa shape index (κ1) is 29.1. The van der Waals surface area contributed by atoms with E-state index < -0.39 is 20.8 Å². The molecule has 2 aromatic heterocycles. The van der Waals surface area contributed by atoms with Crippen LogP contribution >= 0.6 is 17.0 Å². The summed E-state index contributed by atoms with van der Waals surface area (Å²) in [5.41, 5.74) is 0.357.